The van der Waals surface area contributed by atoms with Crippen molar-refractivity contribution in [2.24, 2.45) is 0 Å². The number of benzene rings is 3. The predicted octanol–water partition coefficient (Wildman–Crippen LogP) is 6.31. The molecule has 0 saturated carbocycles. The fraction of sp³-hybridized carbons (Fsp3) is 0.160. The minimum Gasteiger partial charge on any atom is -0.497 e. The number of hydrogen-bond donors (Lipinski definition) is 1. The molecule has 0 aliphatic heterocycles. The maximum Gasteiger partial charge on any atom is 0.234 e. The molecule has 1 aromatic heterocycles. The topological polar surface area (TPSA) is 78.3 Å². The first-order valence-corrected chi connectivity index (χ1v) is 12.7. The maximum absolute atomic E-state index is 12.6. The quantitative estimate of drug-likeness (QED) is 0.237. The van der Waals surface area contributed by atoms with Gasteiger partial charge in [-0.05, 0) is 89.1 Å². The van der Waals surface area contributed by atoms with Gasteiger partial charge in [-0.15, -0.1) is 10.2 Å². The molecule has 0 atom stereocenters. The number of nitrogens with zero attached hydrogens (tertiary/aromatic N) is 3. The molecule has 7 nitrogen and oxygen atoms in total. The van der Waals surface area contributed by atoms with Crippen LogP contribution in [0.25, 0.3) is 5.69 Å². The summed E-state index contributed by atoms with van der Waals surface area (Å²) in [5.74, 6) is 2.00. The zero-order valence-electron chi connectivity index (χ0n) is 19.0. The number of thioether (sulfide) groups is 1. The lowest BCUT2D eigenvalue weighted by Crippen LogP contribution is -2.15. The normalized spacial score (nSPS) is 10.7. The van der Waals surface area contributed by atoms with Crippen molar-refractivity contribution in [2.45, 2.75) is 18.7 Å². The van der Waals surface area contributed by atoms with Gasteiger partial charge in [0, 0.05) is 15.2 Å². The molecule has 1 heterocycles. The molecule has 0 bridgehead atoms. The largest absolute Gasteiger partial charge is 0.497 e. The van der Waals surface area contributed by atoms with Gasteiger partial charge in [0.2, 0.25) is 5.91 Å². The fourth-order valence-corrected chi connectivity index (χ4v) is 4.68. The van der Waals surface area contributed by atoms with Gasteiger partial charge >= 0.3 is 0 Å². The molecule has 10 heteroatoms. The highest BCUT2D eigenvalue weighted by molar-refractivity contribution is 9.10. The molecule has 1 amide bonds. The van der Waals surface area contributed by atoms with Crippen LogP contribution in [0.1, 0.15) is 11.4 Å². The van der Waals surface area contributed by atoms with Crippen molar-refractivity contribution in [3.63, 3.8) is 0 Å². The summed E-state index contributed by atoms with van der Waals surface area (Å²) >= 11 is 10.7. The summed E-state index contributed by atoms with van der Waals surface area (Å²) in [5.41, 5.74) is 2.65. The van der Waals surface area contributed by atoms with Crippen LogP contribution in [0.15, 0.2) is 76.4 Å². The summed E-state index contributed by atoms with van der Waals surface area (Å²) in [4.78, 5) is 12.6. The second kappa shape index (κ2) is 11.6. The molecule has 3 aromatic carbocycles. The number of carbonyl (C=O) groups excluding carboxylic acids is 1. The average molecular weight is 574 g/mol. The molecular formula is C25H22BrClN4O3S. The van der Waals surface area contributed by atoms with Gasteiger partial charge in [0.15, 0.2) is 11.0 Å². The summed E-state index contributed by atoms with van der Waals surface area (Å²) in [6.07, 6.45) is 0. The summed E-state index contributed by atoms with van der Waals surface area (Å²) in [5, 5.41) is 12.8. The molecule has 0 aliphatic rings. The van der Waals surface area contributed by atoms with E-state index in [2.05, 4.69) is 31.4 Å². The SMILES string of the molecule is COc1ccc(-n2c(COc3ccc(Cl)cc3)nnc2SCC(=O)Nc2ccc(C)cc2Br)cc1. The predicted molar refractivity (Wildman–Crippen MR) is 142 cm³/mol. The van der Waals surface area contributed by atoms with Gasteiger partial charge in [0.05, 0.1) is 18.6 Å². The van der Waals surface area contributed by atoms with Gasteiger partial charge in [0.25, 0.3) is 0 Å². The van der Waals surface area contributed by atoms with Crippen LogP contribution in [0.3, 0.4) is 0 Å². The number of rotatable bonds is 9. The standard InChI is InChI=1S/C25H22BrClN4O3S/c1-16-3-12-22(21(26)13-16)28-24(32)15-35-25-30-29-23(14-34-20-8-4-17(27)5-9-20)31(25)18-6-10-19(33-2)11-7-18/h3-13H,14-15H2,1-2H3,(H,28,32). The number of nitrogens with one attached hydrogen (secondary N) is 1. The molecule has 4 rings (SSSR count). The van der Waals surface area contributed by atoms with E-state index in [0.717, 1.165) is 27.2 Å². The van der Waals surface area contributed by atoms with Gasteiger partial charge in [0.1, 0.15) is 18.1 Å². The Morgan fingerprint density at radius 3 is 2.46 bits per heavy atom. The fourth-order valence-electron chi connectivity index (χ4n) is 3.19. The number of carbonyl (C=O) groups is 1. The van der Waals surface area contributed by atoms with E-state index in [0.29, 0.717) is 21.8 Å². The first-order valence-electron chi connectivity index (χ1n) is 10.6. The number of methoxy groups -OCH3 is 1. The summed E-state index contributed by atoms with van der Waals surface area (Å²) in [6, 6.07) is 20.4. The third-order valence-corrected chi connectivity index (χ3v) is 6.78. The van der Waals surface area contributed by atoms with Crippen LogP contribution in [0.2, 0.25) is 5.02 Å². The van der Waals surface area contributed by atoms with Crippen molar-refractivity contribution in [3.8, 4) is 17.2 Å². The van der Waals surface area contributed by atoms with E-state index in [-0.39, 0.29) is 18.3 Å². The van der Waals surface area contributed by atoms with Gasteiger partial charge in [-0.3, -0.25) is 9.36 Å². The Hall–Kier alpha value is -3.01. The molecule has 0 unspecified atom stereocenters. The lowest BCUT2D eigenvalue weighted by atomic mass is 10.2. The van der Waals surface area contributed by atoms with E-state index < -0.39 is 0 Å². The molecule has 0 aliphatic carbocycles. The highest BCUT2D eigenvalue weighted by atomic mass is 79.9. The first kappa shape index (κ1) is 25.1. The van der Waals surface area contributed by atoms with Crippen LogP contribution in [0.4, 0.5) is 5.69 Å². The molecule has 0 radical (unpaired) electrons. The second-order valence-corrected chi connectivity index (χ2v) is 9.73. The molecule has 0 fully saturated rings. The Labute approximate surface area is 220 Å². The highest BCUT2D eigenvalue weighted by Gasteiger charge is 2.17. The van der Waals surface area contributed by atoms with E-state index in [1.54, 1.807) is 31.4 Å². The van der Waals surface area contributed by atoms with E-state index in [4.69, 9.17) is 21.1 Å². The smallest absolute Gasteiger partial charge is 0.234 e. The monoisotopic (exact) mass is 572 g/mol. The second-order valence-electron chi connectivity index (χ2n) is 7.49. The van der Waals surface area contributed by atoms with Gasteiger partial charge in [-0.1, -0.05) is 29.4 Å². The van der Waals surface area contributed by atoms with E-state index in [1.165, 1.54) is 11.8 Å². The Morgan fingerprint density at radius 1 is 1.06 bits per heavy atom. The highest BCUT2D eigenvalue weighted by Crippen LogP contribution is 2.27. The number of halogens is 2. The van der Waals surface area contributed by atoms with E-state index in [1.807, 2.05) is 54.0 Å². The zero-order chi connectivity index (χ0) is 24.8. The van der Waals surface area contributed by atoms with Gasteiger partial charge in [-0.25, -0.2) is 0 Å². The molecule has 0 saturated heterocycles. The molecule has 4 aromatic rings. The summed E-state index contributed by atoms with van der Waals surface area (Å²) in [7, 11) is 1.62. The number of amides is 1. The van der Waals surface area contributed by atoms with Crippen molar-refractivity contribution < 1.29 is 14.3 Å². The number of anilines is 1. The first-order chi connectivity index (χ1) is 16.9. The minimum atomic E-state index is -0.150. The molecule has 35 heavy (non-hydrogen) atoms. The zero-order valence-corrected chi connectivity index (χ0v) is 22.2. The van der Waals surface area contributed by atoms with Crippen molar-refractivity contribution in [1.82, 2.24) is 14.8 Å². The molecular weight excluding hydrogens is 552 g/mol. The Bertz CT molecular complexity index is 1310. The van der Waals surface area contributed by atoms with Crippen LogP contribution in [0, 0.1) is 6.92 Å². The lowest BCUT2D eigenvalue weighted by Gasteiger charge is -2.12. The Kier molecular flexibility index (Phi) is 8.33. The summed E-state index contributed by atoms with van der Waals surface area (Å²) in [6.45, 7) is 2.18. The van der Waals surface area contributed by atoms with Crippen molar-refractivity contribution in [2.75, 3.05) is 18.2 Å². The van der Waals surface area contributed by atoms with Crippen molar-refractivity contribution in [3.05, 3.63) is 87.6 Å². The Balaban J connectivity index is 1.52. The lowest BCUT2D eigenvalue weighted by molar-refractivity contribution is -0.113. The van der Waals surface area contributed by atoms with Crippen LogP contribution in [-0.2, 0) is 11.4 Å². The average Bonchev–Trinajstić information content (AvgIpc) is 3.27. The minimum absolute atomic E-state index is 0.150. The number of ether oxygens (including phenoxy) is 2. The third-order valence-electron chi connectivity index (χ3n) is 4.94. The summed E-state index contributed by atoms with van der Waals surface area (Å²) < 4.78 is 13.9. The van der Waals surface area contributed by atoms with Crippen LogP contribution in [-0.4, -0.2) is 33.5 Å². The van der Waals surface area contributed by atoms with Crippen LogP contribution < -0.4 is 14.8 Å². The van der Waals surface area contributed by atoms with Gasteiger partial charge in [-0.2, -0.15) is 0 Å². The van der Waals surface area contributed by atoms with Crippen molar-refractivity contribution in [1.29, 1.82) is 0 Å². The number of hydrogen-bond acceptors (Lipinski definition) is 6. The third kappa shape index (κ3) is 6.56. The number of aromatic nitrogens is 3. The Morgan fingerprint density at radius 2 is 1.77 bits per heavy atom. The van der Waals surface area contributed by atoms with Crippen molar-refractivity contribution >= 4 is 50.9 Å². The van der Waals surface area contributed by atoms with E-state index in [9.17, 15) is 4.79 Å². The molecule has 180 valence electrons. The molecule has 1 N–H and O–H groups in total. The van der Waals surface area contributed by atoms with Crippen LogP contribution >= 0.6 is 39.3 Å². The van der Waals surface area contributed by atoms with E-state index >= 15 is 0 Å². The maximum atomic E-state index is 12.6. The van der Waals surface area contributed by atoms with Gasteiger partial charge < -0.3 is 14.8 Å². The molecule has 0 spiro atoms. The van der Waals surface area contributed by atoms with Crippen LogP contribution in [0.5, 0.6) is 11.5 Å². The number of aryl methyl sites for hydroxylation is 1.